The highest BCUT2D eigenvalue weighted by molar-refractivity contribution is 4.87. The van der Waals surface area contributed by atoms with Gasteiger partial charge in [0.15, 0.2) is 0 Å². The van der Waals surface area contributed by atoms with Crippen LogP contribution in [0.25, 0.3) is 0 Å². The average molecular weight is 196 g/mol. The highest BCUT2D eigenvalue weighted by Crippen LogP contribution is 2.20. The second-order valence-electron chi connectivity index (χ2n) is 3.69. The number of rotatable bonds is 3. The van der Waals surface area contributed by atoms with Gasteiger partial charge < -0.3 is 5.32 Å². The second kappa shape index (κ2) is 3.84. The van der Waals surface area contributed by atoms with Gasteiger partial charge in [-0.2, -0.15) is 13.2 Å². The fourth-order valence-electron chi connectivity index (χ4n) is 1.45. The summed E-state index contributed by atoms with van der Waals surface area (Å²) >= 11 is 0. The molecule has 0 radical (unpaired) electrons. The molecule has 0 unspecified atom stereocenters. The largest absolute Gasteiger partial charge is 0.401 e. The second-order valence-corrected chi connectivity index (χ2v) is 3.69. The molecular formula is C8H15F3N2. The first kappa shape index (κ1) is 10.8. The predicted molar refractivity (Wildman–Crippen MR) is 44.6 cm³/mol. The van der Waals surface area contributed by atoms with Crippen molar-refractivity contribution in [2.24, 2.45) is 0 Å². The van der Waals surface area contributed by atoms with Crippen LogP contribution in [0.4, 0.5) is 13.2 Å². The smallest absolute Gasteiger partial charge is 0.314 e. The summed E-state index contributed by atoms with van der Waals surface area (Å²) in [6.45, 7) is 4.15. The fourth-order valence-corrected chi connectivity index (χ4v) is 1.45. The molecule has 13 heavy (non-hydrogen) atoms. The van der Waals surface area contributed by atoms with Gasteiger partial charge in [-0.3, -0.25) is 4.90 Å². The minimum atomic E-state index is -4.08. The van der Waals surface area contributed by atoms with Crippen LogP contribution < -0.4 is 5.32 Å². The van der Waals surface area contributed by atoms with Crippen LogP contribution in [0.3, 0.4) is 0 Å². The van der Waals surface area contributed by atoms with Crippen molar-refractivity contribution < 1.29 is 13.2 Å². The van der Waals surface area contributed by atoms with E-state index in [9.17, 15) is 13.2 Å². The molecule has 0 aliphatic carbocycles. The summed E-state index contributed by atoms with van der Waals surface area (Å²) in [4.78, 5) is 1.50. The van der Waals surface area contributed by atoms with Crippen molar-refractivity contribution in [3.05, 3.63) is 0 Å². The summed E-state index contributed by atoms with van der Waals surface area (Å²) in [5.41, 5.74) is 0. The zero-order chi connectivity index (χ0) is 10.1. The van der Waals surface area contributed by atoms with Gasteiger partial charge in [0, 0.05) is 25.2 Å². The molecule has 1 saturated heterocycles. The minimum Gasteiger partial charge on any atom is -0.314 e. The molecule has 78 valence electrons. The molecule has 1 heterocycles. The zero-order valence-corrected chi connectivity index (χ0v) is 7.86. The Bertz CT molecular complexity index is 163. The molecule has 0 spiro atoms. The SMILES string of the molecule is CC(C)N(CC(F)(F)F)C1CNC1. The third-order valence-electron chi connectivity index (χ3n) is 2.25. The van der Waals surface area contributed by atoms with Gasteiger partial charge in [0.25, 0.3) is 0 Å². The first-order valence-corrected chi connectivity index (χ1v) is 4.43. The Balaban J connectivity index is 2.47. The maximum Gasteiger partial charge on any atom is 0.401 e. The molecule has 0 atom stereocenters. The van der Waals surface area contributed by atoms with Crippen molar-refractivity contribution in [2.45, 2.75) is 32.1 Å². The molecule has 5 heteroatoms. The van der Waals surface area contributed by atoms with Gasteiger partial charge in [0.05, 0.1) is 6.54 Å². The van der Waals surface area contributed by atoms with E-state index in [0.29, 0.717) is 13.1 Å². The van der Waals surface area contributed by atoms with Crippen molar-refractivity contribution in [1.29, 1.82) is 0 Å². The molecule has 1 fully saturated rings. The van der Waals surface area contributed by atoms with Gasteiger partial charge in [0.2, 0.25) is 0 Å². The summed E-state index contributed by atoms with van der Waals surface area (Å²) in [6, 6.07) is 0.00958. The van der Waals surface area contributed by atoms with E-state index in [2.05, 4.69) is 5.32 Å². The molecule has 1 aliphatic rings. The Kier molecular flexibility index (Phi) is 3.18. The van der Waals surface area contributed by atoms with Gasteiger partial charge in [-0.15, -0.1) is 0 Å². The van der Waals surface area contributed by atoms with Crippen LogP contribution in [-0.4, -0.2) is 42.8 Å². The third kappa shape index (κ3) is 3.15. The quantitative estimate of drug-likeness (QED) is 0.730. The van der Waals surface area contributed by atoms with Crippen LogP contribution in [-0.2, 0) is 0 Å². The lowest BCUT2D eigenvalue weighted by atomic mass is 10.1. The van der Waals surface area contributed by atoms with Crippen LogP contribution in [0.1, 0.15) is 13.8 Å². The predicted octanol–water partition coefficient (Wildman–Crippen LogP) is 1.23. The van der Waals surface area contributed by atoms with Gasteiger partial charge in [-0.25, -0.2) is 0 Å². The van der Waals surface area contributed by atoms with E-state index in [0.717, 1.165) is 0 Å². The summed E-state index contributed by atoms with van der Waals surface area (Å²) < 4.78 is 36.4. The molecule has 0 bridgehead atoms. The highest BCUT2D eigenvalue weighted by atomic mass is 19.4. The summed E-state index contributed by atoms with van der Waals surface area (Å²) in [6.07, 6.45) is -4.08. The van der Waals surface area contributed by atoms with E-state index in [1.54, 1.807) is 13.8 Å². The fraction of sp³-hybridized carbons (Fsp3) is 1.00. The van der Waals surface area contributed by atoms with Crippen LogP contribution in [0, 0.1) is 0 Å². The van der Waals surface area contributed by atoms with E-state index >= 15 is 0 Å². The van der Waals surface area contributed by atoms with Crippen molar-refractivity contribution in [2.75, 3.05) is 19.6 Å². The van der Waals surface area contributed by atoms with Crippen LogP contribution in [0.15, 0.2) is 0 Å². The minimum absolute atomic E-state index is 0.0475. The Labute approximate surface area is 76.1 Å². The number of halogens is 3. The Morgan fingerprint density at radius 3 is 2.15 bits per heavy atom. The van der Waals surface area contributed by atoms with E-state index in [1.807, 2.05) is 0 Å². The third-order valence-corrected chi connectivity index (χ3v) is 2.25. The van der Waals surface area contributed by atoms with Gasteiger partial charge in [-0.1, -0.05) is 0 Å². The number of nitrogens with zero attached hydrogens (tertiary/aromatic N) is 1. The monoisotopic (exact) mass is 196 g/mol. The molecule has 0 aromatic heterocycles. The average Bonchev–Trinajstić information content (AvgIpc) is 1.78. The molecule has 1 N–H and O–H groups in total. The van der Waals surface area contributed by atoms with Crippen LogP contribution in [0.5, 0.6) is 0 Å². The first-order chi connectivity index (χ1) is 5.90. The molecular weight excluding hydrogens is 181 g/mol. The Morgan fingerprint density at radius 1 is 1.38 bits per heavy atom. The van der Waals surface area contributed by atoms with E-state index in [1.165, 1.54) is 4.90 Å². The maximum absolute atomic E-state index is 12.1. The van der Waals surface area contributed by atoms with Gasteiger partial charge in [-0.05, 0) is 13.8 Å². The number of hydrogen-bond acceptors (Lipinski definition) is 2. The lowest BCUT2D eigenvalue weighted by Crippen LogP contribution is -2.60. The molecule has 2 nitrogen and oxygen atoms in total. The molecule has 0 saturated carbocycles. The van der Waals surface area contributed by atoms with Crippen LogP contribution in [0.2, 0.25) is 0 Å². The lowest BCUT2D eigenvalue weighted by Gasteiger charge is -2.41. The molecule has 1 rings (SSSR count). The van der Waals surface area contributed by atoms with Crippen molar-refractivity contribution in [3.8, 4) is 0 Å². The van der Waals surface area contributed by atoms with E-state index < -0.39 is 12.7 Å². The van der Waals surface area contributed by atoms with Crippen molar-refractivity contribution >= 4 is 0 Å². The highest BCUT2D eigenvalue weighted by Gasteiger charge is 2.36. The Hall–Kier alpha value is -0.290. The molecule has 0 amide bonds. The summed E-state index contributed by atoms with van der Waals surface area (Å²) in [5, 5.41) is 2.97. The zero-order valence-electron chi connectivity index (χ0n) is 7.86. The van der Waals surface area contributed by atoms with Crippen molar-refractivity contribution in [1.82, 2.24) is 10.2 Å². The summed E-state index contributed by atoms with van der Waals surface area (Å²) in [5.74, 6) is 0. The summed E-state index contributed by atoms with van der Waals surface area (Å²) in [7, 11) is 0. The van der Waals surface area contributed by atoms with E-state index in [-0.39, 0.29) is 12.1 Å². The normalized spacial score (nSPS) is 19.6. The number of hydrogen-bond donors (Lipinski definition) is 1. The molecule has 0 aromatic carbocycles. The number of alkyl halides is 3. The van der Waals surface area contributed by atoms with Gasteiger partial charge in [0.1, 0.15) is 0 Å². The first-order valence-electron chi connectivity index (χ1n) is 4.43. The Morgan fingerprint density at radius 2 is 1.92 bits per heavy atom. The number of nitrogens with one attached hydrogen (secondary N) is 1. The standard InChI is InChI=1S/C8H15F3N2/c1-6(2)13(5-8(9,10)11)7-3-12-4-7/h6-7,12H,3-5H2,1-2H3. The van der Waals surface area contributed by atoms with Crippen molar-refractivity contribution in [3.63, 3.8) is 0 Å². The molecule has 0 aromatic rings. The molecule has 1 aliphatic heterocycles. The van der Waals surface area contributed by atoms with Gasteiger partial charge >= 0.3 is 6.18 Å². The lowest BCUT2D eigenvalue weighted by molar-refractivity contribution is -0.157. The van der Waals surface area contributed by atoms with E-state index in [4.69, 9.17) is 0 Å². The topological polar surface area (TPSA) is 15.3 Å². The maximum atomic E-state index is 12.1. The van der Waals surface area contributed by atoms with Crippen LogP contribution >= 0.6 is 0 Å².